The number of carbonyl (C=O) groups excluding carboxylic acids is 1. The number of rotatable bonds is 2. The Labute approximate surface area is 107 Å². The molecule has 1 aromatic rings. The average Bonchev–Trinajstić information content (AvgIpc) is 2.31. The molecule has 0 aliphatic carbocycles. The minimum atomic E-state index is -0.383. The molecular formula is C13H19N3O2. The van der Waals surface area contributed by atoms with Crippen molar-refractivity contribution in [1.82, 2.24) is 0 Å². The van der Waals surface area contributed by atoms with Crippen LogP contribution in [0.4, 0.5) is 17.1 Å². The number of anilines is 3. The van der Waals surface area contributed by atoms with E-state index < -0.39 is 0 Å². The number of carbonyl (C=O) groups is 1. The molecule has 0 saturated heterocycles. The summed E-state index contributed by atoms with van der Waals surface area (Å²) in [5.74, 6) is -0.383. The summed E-state index contributed by atoms with van der Waals surface area (Å²) >= 11 is 0. The molecule has 5 nitrogen and oxygen atoms in total. The van der Waals surface area contributed by atoms with Crippen molar-refractivity contribution < 1.29 is 9.53 Å². The number of hydrogen-bond acceptors (Lipinski definition) is 5. The Morgan fingerprint density at radius 1 is 1.28 bits per heavy atom. The van der Waals surface area contributed by atoms with E-state index in [0.29, 0.717) is 23.9 Å². The number of benzene rings is 1. The predicted octanol–water partition coefficient (Wildman–Crippen LogP) is 2.06. The van der Waals surface area contributed by atoms with Gasteiger partial charge in [0.15, 0.2) is 0 Å². The Bertz CT molecular complexity index is 474. The zero-order valence-electron chi connectivity index (χ0n) is 10.9. The standard InChI is InChI=1S/C13H19N3O2/c1-4-18-13(17)9-5-11-12(6-10(9)14)16-8(3)7(2)15-11/h5-8,15-16H,4,14H2,1-3H3. The van der Waals surface area contributed by atoms with Crippen LogP contribution in [0.25, 0.3) is 0 Å². The second kappa shape index (κ2) is 4.76. The SMILES string of the molecule is CCOC(=O)c1cc2c(cc1N)NC(C)C(C)N2. The van der Waals surface area contributed by atoms with Gasteiger partial charge in [0.05, 0.1) is 23.5 Å². The summed E-state index contributed by atoms with van der Waals surface area (Å²) in [5, 5.41) is 6.70. The molecule has 0 saturated carbocycles. The van der Waals surface area contributed by atoms with E-state index in [0.717, 1.165) is 11.4 Å². The average molecular weight is 249 g/mol. The van der Waals surface area contributed by atoms with Crippen LogP contribution in [0.5, 0.6) is 0 Å². The highest BCUT2D eigenvalue weighted by molar-refractivity contribution is 5.98. The number of ether oxygens (including phenoxy) is 1. The molecule has 1 heterocycles. The fraction of sp³-hybridized carbons (Fsp3) is 0.462. The van der Waals surface area contributed by atoms with E-state index >= 15 is 0 Å². The zero-order valence-corrected chi connectivity index (χ0v) is 10.9. The fourth-order valence-electron chi connectivity index (χ4n) is 1.98. The molecule has 0 radical (unpaired) electrons. The van der Waals surface area contributed by atoms with Gasteiger partial charge in [-0.25, -0.2) is 4.79 Å². The van der Waals surface area contributed by atoms with Gasteiger partial charge in [-0.3, -0.25) is 0 Å². The first kappa shape index (κ1) is 12.5. The number of nitrogens with two attached hydrogens (primary N) is 1. The van der Waals surface area contributed by atoms with Crippen LogP contribution in [-0.2, 0) is 4.74 Å². The van der Waals surface area contributed by atoms with Crippen molar-refractivity contribution in [1.29, 1.82) is 0 Å². The lowest BCUT2D eigenvalue weighted by atomic mass is 10.0. The highest BCUT2D eigenvalue weighted by Gasteiger charge is 2.23. The number of esters is 1. The van der Waals surface area contributed by atoms with Crippen LogP contribution < -0.4 is 16.4 Å². The lowest BCUT2D eigenvalue weighted by Crippen LogP contribution is -2.38. The van der Waals surface area contributed by atoms with Crippen molar-refractivity contribution in [3.63, 3.8) is 0 Å². The molecule has 0 bridgehead atoms. The largest absolute Gasteiger partial charge is 0.462 e. The van der Waals surface area contributed by atoms with Crippen molar-refractivity contribution in [2.45, 2.75) is 32.9 Å². The van der Waals surface area contributed by atoms with Crippen LogP contribution >= 0.6 is 0 Å². The lowest BCUT2D eigenvalue weighted by Gasteiger charge is -2.32. The Kier molecular flexibility index (Phi) is 3.32. The van der Waals surface area contributed by atoms with E-state index in [1.807, 2.05) is 0 Å². The van der Waals surface area contributed by atoms with E-state index in [4.69, 9.17) is 10.5 Å². The highest BCUT2D eigenvalue weighted by atomic mass is 16.5. The van der Waals surface area contributed by atoms with Crippen molar-refractivity contribution in [2.75, 3.05) is 23.0 Å². The lowest BCUT2D eigenvalue weighted by molar-refractivity contribution is 0.0527. The molecule has 18 heavy (non-hydrogen) atoms. The molecule has 4 N–H and O–H groups in total. The van der Waals surface area contributed by atoms with Gasteiger partial charge in [0.1, 0.15) is 0 Å². The van der Waals surface area contributed by atoms with Crippen LogP contribution in [-0.4, -0.2) is 24.7 Å². The second-order valence-corrected chi connectivity index (χ2v) is 4.57. The van der Waals surface area contributed by atoms with Crippen LogP contribution in [0.1, 0.15) is 31.1 Å². The first-order valence-corrected chi connectivity index (χ1v) is 6.16. The molecule has 5 heteroatoms. The normalized spacial score (nSPS) is 21.5. The summed E-state index contributed by atoms with van der Waals surface area (Å²) in [5.41, 5.74) is 8.54. The first-order valence-electron chi connectivity index (χ1n) is 6.16. The maximum absolute atomic E-state index is 11.7. The van der Waals surface area contributed by atoms with Crippen molar-refractivity contribution >= 4 is 23.0 Å². The Morgan fingerprint density at radius 3 is 2.39 bits per heavy atom. The van der Waals surface area contributed by atoms with Gasteiger partial charge in [-0.05, 0) is 32.9 Å². The predicted molar refractivity (Wildman–Crippen MR) is 73.0 cm³/mol. The molecule has 2 rings (SSSR count). The minimum absolute atomic E-state index is 0.288. The molecule has 98 valence electrons. The summed E-state index contributed by atoms with van der Waals surface area (Å²) < 4.78 is 4.98. The van der Waals surface area contributed by atoms with E-state index in [-0.39, 0.29) is 12.0 Å². The van der Waals surface area contributed by atoms with Gasteiger partial charge in [0.25, 0.3) is 0 Å². The highest BCUT2D eigenvalue weighted by Crippen LogP contribution is 2.33. The van der Waals surface area contributed by atoms with Crippen LogP contribution in [0.3, 0.4) is 0 Å². The number of hydrogen-bond donors (Lipinski definition) is 3. The summed E-state index contributed by atoms with van der Waals surface area (Å²) in [6.45, 7) is 6.29. The van der Waals surface area contributed by atoms with Gasteiger partial charge in [-0.1, -0.05) is 0 Å². The van der Waals surface area contributed by atoms with Crippen LogP contribution in [0.2, 0.25) is 0 Å². The van der Waals surface area contributed by atoms with Crippen molar-refractivity contribution in [2.24, 2.45) is 0 Å². The van der Waals surface area contributed by atoms with E-state index in [1.54, 1.807) is 19.1 Å². The quantitative estimate of drug-likeness (QED) is 0.552. The Balaban J connectivity index is 2.36. The maximum atomic E-state index is 11.7. The monoisotopic (exact) mass is 249 g/mol. The third-order valence-electron chi connectivity index (χ3n) is 3.20. The molecule has 2 unspecified atom stereocenters. The zero-order chi connectivity index (χ0) is 13.3. The topological polar surface area (TPSA) is 76.4 Å². The molecule has 0 aromatic heterocycles. The van der Waals surface area contributed by atoms with Crippen LogP contribution in [0, 0.1) is 0 Å². The van der Waals surface area contributed by atoms with Crippen molar-refractivity contribution in [3.05, 3.63) is 17.7 Å². The van der Waals surface area contributed by atoms with Gasteiger partial charge < -0.3 is 21.1 Å². The molecule has 1 aromatic carbocycles. The van der Waals surface area contributed by atoms with Gasteiger partial charge in [0.2, 0.25) is 0 Å². The van der Waals surface area contributed by atoms with Gasteiger partial charge in [-0.2, -0.15) is 0 Å². The van der Waals surface area contributed by atoms with Gasteiger partial charge >= 0.3 is 5.97 Å². The Morgan fingerprint density at radius 2 is 1.83 bits per heavy atom. The number of fused-ring (bicyclic) bond motifs is 1. The Hall–Kier alpha value is -1.91. The van der Waals surface area contributed by atoms with Gasteiger partial charge in [-0.15, -0.1) is 0 Å². The summed E-state index contributed by atoms with van der Waals surface area (Å²) in [6, 6.07) is 4.12. The third kappa shape index (κ3) is 2.20. The molecule has 1 aliphatic heterocycles. The molecule has 0 amide bonds. The fourth-order valence-corrected chi connectivity index (χ4v) is 1.98. The second-order valence-electron chi connectivity index (χ2n) is 4.57. The van der Waals surface area contributed by atoms with E-state index in [2.05, 4.69) is 24.5 Å². The number of nitrogens with one attached hydrogen (secondary N) is 2. The smallest absolute Gasteiger partial charge is 0.340 e. The minimum Gasteiger partial charge on any atom is -0.462 e. The molecule has 0 spiro atoms. The third-order valence-corrected chi connectivity index (χ3v) is 3.20. The molecule has 2 atom stereocenters. The van der Waals surface area contributed by atoms with E-state index in [1.165, 1.54) is 0 Å². The summed E-state index contributed by atoms with van der Waals surface area (Å²) in [4.78, 5) is 11.7. The van der Waals surface area contributed by atoms with Crippen LogP contribution in [0.15, 0.2) is 12.1 Å². The number of nitrogen functional groups attached to an aromatic ring is 1. The van der Waals surface area contributed by atoms with E-state index in [9.17, 15) is 4.79 Å². The molecular weight excluding hydrogens is 230 g/mol. The summed E-state index contributed by atoms with van der Waals surface area (Å²) in [7, 11) is 0. The summed E-state index contributed by atoms with van der Waals surface area (Å²) in [6.07, 6.45) is 0. The molecule has 1 aliphatic rings. The van der Waals surface area contributed by atoms with Gasteiger partial charge in [0, 0.05) is 17.8 Å². The maximum Gasteiger partial charge on any atom is 0.340 e. The molecule has 0 fully saturated rings. The van der Waals surface area contributed by atoms with Crippen molar-refractivity contribution in [3.8, 4) is 0 Å². The first-order chi connectivity index (χ1) is 8.52.